The Morgan fingerprint density at radius 3 is 2.96 bits per heavy atom. The SMILES string of the molecule is COCC1(C)COCCN1C(=O)c1cc2c(C(=O)O)cccc2s1. The molecule has 0 bridgehead atoms. The van der Waals surface area contributed by atoms with Crippen LogP contribution in [0.25, 0.3) is 10.1 Å². The number of carbonyl (C=O) groups excluding carboxylic acids is 1. The number of nitrogens with zero attached hydrogens (tertiary/aromatic N) is 1. The highest BCUT2D eigenvalue weighted by atomic mass is 32.1. The summed E-state index contributed by atoms with van der Waals surface area (Å²) in [5, 5.41) is 9.91. The van der Waals surface area contributed by atoms with Gasteiger partial charge in [0.15, 0.2) is 0 Å². The van der Waals surface area contributed by atoms with E-state index in [2.05, 4.69) is 0 Å². The van der Waals surface area contributed by atoms with Gasteiger partial charge in [-0.15, -0.1) is 11.3 Å². The molecule has 1 fully saturated rings. The number of aromatic carboxylic acids is 1. The topological polar surface area (TPSA) is 76.1 Å². The summed E-state index contributed by atoms with van der Waals surface area (Å²) >= 11 is 1.31. The first-order valence-corrected chi connectivity index (χ1v) is 8.42. The maximum atomic E-state index is 13.0. The molecule has 24 heavy (non-hydrogen) atoms. The van der Waals surface area contributed by atoms with Gasteiger partial charge in [-0.1, -0.05) is 6.07 Å². The molecule has 1 aliphatic heterocycles. The molecular weight excluding hydrogens is 330 g/mol. The molecule has 1 atom stereocenters. The second kappa shape index (κ2) is 6.51. The van der Waals surface area contributed by atoms with Crippen molar-refractivity contribution < 1.29 is 24.2 Å². The van der Waals surface area contributed by atoms with Gasteiger partial charge < -0.3 is 19.5 Å². The van der Waals surface area contributed by atoms with Gasteiger partial charge in [-0.3, -0.25) is 4.79 Å². The number of carboxylic acids is 1. The summed E-state index contributed by atoms with van der Waals surface area (Å²) in [5.74, 6) is -1.11. The molecule has 2 aromatic rings. The van der Waals surface area contributed by atoms with Crippen molar-refractivity contribution in [3.05, 3.63) is 34.7 Å². The van der Waals surface area contributed by atoms with Gasteiger partial charge in [0.05, 0.1) is 35.8 Å². The zero-order valence-electron chi connectivity index (χ0n) is 13.6. The molecule has 1 aromatic carbocycles. The summed E-state index contributed by atoms with van der Waals surface area (Å²) in [4.78, 5) is 26.7. The summed E-state index contributed by atoms with van der Waals surface area (Å²) in [6.45, 7) is 3.69. The zero-order chi connectivity index (χ0) is 17.3. The molecule has 1 N–H and O–H groups in total. The lowest BCUT2D eigenvalue weighted by Gasteiger charge is -2.43. The molecule has 0 saturated carbocycles. The van der Waals surface area contributed by atoms with Crippen molar-refractivity contribution in [1.29, 1.82) is 0 Å². The molecule has 1 aliphatic rings. The summed E-state index contributed by atoms with van der Waals surface area (Å²) < 4.78 is 11.6. The number of carbonyl (C=O) groups is 2. The molecule has 128 valence electrons. The number of amides is 1. The number of methoxy groups -OCH3 is 1. The third-order valence-corrected chi connectivity index (χ3v) is 5.32. The van der Waals surface area contributed by atoms with Crippen LogP contribution in [-0.4, -0.2) is 60.9 Å². The van der Waals surface area contributed by atoms with Gasteiger partial charge in [0.1, 0.15) is 0 Å². The fourth-order valence-corrected chi connectivity index (χ4v) is 4.10. The molecule has 0 radical (unpaired) electrons. The Morgan fingerprint density at radius 2 is 2.25 bits per heavy atom. The Hall–Kier alpha value is -1.96. The van der Waals surface area contributed by atoms with Gasteiger partial charge in [0.25, 0.3) is 5.91 Å². The van der Waals surface area contributed by atoms with Gasteiger partial charge in [-0.2, -0.15) is 0 Å². The van der Waals surface area contributed by atoms with Crippen molar-refractivity contribution in [2.24, 2.45) is 0 Å². The molecular formula is C17H19NO5S. The predicted octanol–water partition coefficient (Wildman–Crippen LogP) is 2.48. The van der Waals surface area contributed by atoms with E-state index >= 15 is 0 Å². The minimum Gasteiger partial charge on any atom is -0.478 e. The van der Waals surface area contributed by atoms with Crippen molar-refractivity contribution in [3.63, 3.8) is 0 Å². The van der Waals surface area contributed by atoms with Crippen LogP contribution in [0.5, 0.6) is 0 Å². The number of morpholine rings is 1. The molecule has 3 rings (SSSR count). The standard InChI is InChI=1S/C17H19NO5S/c1-17(9-22-2)10-23-7-6-18(17)15(19)14-8-12-11(16(20)21)4-3-5-13(12)24-14/h3-5,8H,6-7,9-10H2,1-2H3,(H,20,21). The van der Waals surface area contributed by atoms with Gasteiger partial charge in [0.2, 0.25) is 0 Å². The molecule has 0 aliphatic carbocycles. The van der Waals surface area contributed by atoms with E-state index in [1.165, 1.54) is 11.3 Å². The molecule has 0 spiro atoms. The molecule has 1 unspecified atom stereocenters. The Balaban J connectivity index is 1.99. The predicted molar refractivity (Wildman–Crippen MR) is 90.9 cm³/mol. The van der Waals surface area contributed by atoms with Crippen molar-refractivity contribution >= 4 is 33.3 Å². The molecule has 1 amide bonds. The minimum atomic E-state index is -0.993. The van der Waals surface area contributed by atoms with Crippen molar-refractivity contribution in [2.75, 3.05) is 33.5 Å². The van der Waals surface area contributed by atoms with Crippen LogP contribution in [0.1, 0.15) is 27.0 Å². The average Bonchev–Trinajstić information content (AvgIpc) is 2.98. The zero-order valence-corrected chi connectivity index (χ0v) is 14.4. The molecule has 2 heterocycles. The van der Waals surface area contributed by atoms with Gasteiger partial charge in [-0.25, -0.2) is 4.79 Å². The second-order valence-electron chi connectivity index (χ2n) is 6.07. The molecule has 1 aromatic heterocycles. The van der Waals surface area contributed by atoms with Gasteiger partial charge >= 0.3 is 5.97 Å². The van der Waals surface area contributed by atoms with Crippen LogP contribution in [0.4, 0.5) is 0 Å². The smallest absolute Gasteiger partial charge is 0.336 e. The van der Waals surface area contributed by atoms with Crippen molar-refractivity contribution in [1.82, 2.24) is 4.90 Å². The van der Waals surface area contributed by atoms with Crippen LogP contribution in [0.2, 0.25) is 0 Å². The number of rotatable bonds is 4. The Kier molecular flexibility index (Phi) is 4.58. The van der Waals surface area contributed by atoms with Crippen LogP contribution < -0.4 is 0 Å². The largest absolute Gasteiger partial charge is 0.478 e. The van der Waals surface area contributed by atoms with E-state index < -0.39 is 11.5 Å². The normalized spacial score (nSPS) is 21.2. The first kappa shape index (κ1) is 16.9. The Labute approximate surface area is 143 Å². The fourth-order valence-electron chi connectivity index (χ4n) is 3.06. The van der Waals surface area contributed by atoms with Crippen LogP contribution >= 0.6 is 11.3 Å². The van der Waals surface area contributed by atoms with Crippen LogP contribution in [0.3, 0.4) is 0 Å². The van der Waals surface area contributed by atoms with E-state index in [-0.39, 0.29) is 11.5 Å². The number of hydrogen-bond acceptors (Lipinski definition) is 5. The van der Waals surface area contributed by atoms with Gasteiger partial charge in [0, 0.05) is 23.7 Å². The van der Waals surface area contributed by atoms with E-state index in [0.29, 0.717) is 36.6 Å². The molecule has 6 nitrogen and oxygen atoms in total. The number of fused-ring (bicyclic) bond motifs is 1. The Bertz CT molecular complexity index is 782. The lowest BCUT2D eigenvalue weighted by molar-refractivity contribution is -0.0728. The highest BCUT2D eigenvalue weighted by Gasteiger charge is 2.39. The number of thiophene rings is 1. The van der Waals surface area contributed by atoms with Gasteiger partial charge in [-0.05, 0) is 25.1 Å². The lowest BCUT2D eigenvalue weighted by Crippen LogP contribution is -2.59. The number of benzene rings is 1. The van der Waals surface area contributed by atoms with Crippen molar-refractivity contribution in [2.45, 2.75) is 12.5 Å². The summed E-state index contributed by atoms with van der Waals surface area (Å²) in [6.07, 6.45) is 0. The summed E-state index contributed by atoms with van der Waals surface area (Å²) in [6, 6.07) is 6.75. The highest BCUT2D eigenvalue weighted by molar-refractivity contribution is 7.20. The lowest BCUT2D eigenvalue weighted by atomic mass is 10.00. The average molecular weight is 349 g/mol. The Morgan fingerprint density at radius 1 is 1.46 bits per heavy atom. The van der Waals surface area contributed by atoms with E-state index in [0.717, 1.165) is 4.70 Å². The summed E-state index contributed by atoms with van der Waals surface area (Å²) in [5.41, 5.74) is -0.319. The molecule has 7 heteroatoms. The van der Waals surface area contributed by atoms with E-state index in [1.807, 2.05) is 13.0 Å². The second-order valence-corrected chi connectivity index (χ2v) is 7.16. The van der Waals surface area contributed by atoms with E-state index in [4.69, 9.17) is 9.47 Å². The maximum Gasteiger partial charge on any atom is 0.336 e. The monoisotopic (exact) mass is 349 g/mol. The third kappa shape index (κ3) is 2.90. The van der Waals surface area contributed by atoms with E-state index in [9.17, 15) is 14.7 Å². The van der Waals surface area contributed by atoms with Crippen LogP contribution in [-0.2, 0) is 9.47 Å². The van der Waals surface area contributed by atoms with E-state index in [1.54, 1.807) is 30.2 Å². The first-order valence-electron chi connectivity index (χ1n) is 7.61. The highest BCUT2D eigenvalue weighted by Crippen LogP contribution is 2.31. The first-order chi connectivity index (χ1) is 11.5. The maximum absolute atomic E-state index is 13.0. The van der Waals surface area contributed by atoms with Crippen LogP contribution in [0, 0.1) is 0 Å². The third-order valence-electron chi connectivity index (χ3n) is 4.23. The minimum absolute atomic E-state index is 0.115. The molecule has 1 saturated heterocycles. The fraction of sp³-hybridized carbons (Fsp3) is 0.412. The van der Waals surface area contributed by atoms with Crippen LogP contribution in [0.15, 0.2) is 24.3 Å². The van der Waals surface area contributed by atoms with Crippen molar-refractivity contribution in [3.8, 4) is 0 Å². The number of ether oxygens (including phenoxy) is 2. The summed E-state index contributed by atoms with van der Waals surface area (Å²) in [7, 11) is 1.60. The quantitative estimate of drug-likeness (QED) is 0.918. The number of carboxylic acid groups (broad SMARTS) is 1. The number of hydrogen-bond donors (Lipinski definition) is 1.